The van der Waals surface area contributed by atoms with Crippen LogP contribution in [0.5, 0.6) is 0 Å². The normalized spacial score (nSPS) is 17.9. The largest absolute Gasteiger partial charge is 0.396 e. The molecule has 0 aliphatic heterocycles. The number of anilines is 1. The standard InChI is InChI=1S/C17H28N2O/c1-18-17(10-11-20)15-8-5-9-16(12-15)19-13-14-6-3-2-4-7-14/h5,8-9,12,14,17-20H,2-4,6-7,10-11,13H2,1H3. The van der Waals surface area contributed by atoms with Gasteiger partial charge < -0.3 is 15.7 Å². The molecule has 0 bridgehead atoms. The SMILES string of the molecule is CNC(CCO)c1cccc(NCC2CCCCC2)c1. The summed E-state index contributed by atoms with van der Waals surface area (Å²) in [6, 6.07) is 8.80. The monoisotopic (exact) mass is 276 g/mol. The van der Waals surface area contributed by atoms with Gasteiger partial charge in [0.15, 0.2) is 0 Å². The third kappa shape index (κ3) is 4.50. The first-order valence-corrected chi connectivity index (χ1v) is 7.95. The second-order valence-electron chi connectivity index (χ2n) is 5.86. The van der Waals surface area contributed by atoms with E-state index in [2.05, 4.69) is 34.9 Å². The van der Waals surface area contributed by atoms with Gasteiger partial charge >= 0.3 is 0 Å². The predicted molar refractivity (Wildman–Crippen MR) is 85.0 cm³/mol. The van der Waals surface area contributed by atoms with Crippen molar-refractivity contribution in [2.24, 2.45) is 5.92 Å². The van der Waals surface area contributed by atoms with Crippen LogP contribution in [-0.4, -0.2) is 25.3 Å². The molecular weight excluding hydrogens is 248 g/mol. The third-order valence-corrected chi connectivity index (χ3v) is 4.37. The molecule has 1 fully saturated rings. The van der Waals surface area contributed by atoms with E-state index in [9.17, 15) is 0 Å². The lowest BCUT2D eigenvalue weighted by molar-refractivity contribution is 0.269. The fraction of sp³-hybridized carbons (Fsp3) is 0.647. The van der Waals surface area contributed by atoms with Gasteiger partial charge in [0.2, 0.25) is 0 Å². The Balaban J connectivity index is 1.91. The molecule has 3 heteroatoms. The topological polar surface area (TPSA) is 44.3 Å². The maximum atomic E-state index is 9.12. The molecule has 0 heterocycles. The van der Waals surface area contributed by atoms with Crippen molar-refractivity contribution in [1.29, 1.82) is 0 Å². The molecule has 0 radical (unpaired) electrons. The first-order chi connectivity index (χ1) is 9.83. The minimum Gasteiger partial charge on any atom is -0.396 e. The molecule has 3 N–H and O–H groups in total. The van der Waals surface area contributed by atoms with E-state index < -0.39 is 0 Å². The third-order valence-electron chi connectivity index (χ3n) is 4.37. The maximum absolute atomic E-state index is 9.12. The average Bonchev–Trinajstić information content (AvgIpc) is 2.52. The van der Waals surface area contributed by atoms with Gasteiger partial charge in [-0.2, -0.15) is 0 Å². The number of nitrogens with one attached hydrogen (secondary N) is 2. The summed E-state index contributed by atoms with van der Waals surface area (Å²) in [6.45, 7) is 1.30. The zero-order chi connectivity index (χ0) is 14.2. The molecule has 0 saturated heterocycles. The Morgan fingerprint density at radius 3 is 2.75 bits per heavy atom. The Labute approximate surface area is 122 Å². The summed E-state index contributed by atoms with van der Waals surface area (Å²) in [4.78, 5) is 0. The van der Waals surface area contributed by atoms with Crippen LogP contribution >= 0.6 is 0 Å². The van der Waals surface area contributed by atoms with E-state index in [-0.39, 0.29) is 12.6 Å². The van der Waals surface area contributed by atoms with Crippen molar-refractivity contribution in [1.82, 2.24) is 5.32 Å². The lowest BCUT2D eigenvalue weighted by Crippen LogP contribution is -2.19. The Kier molecular flexibility index (Phi) is 6.34. The van der Waals surface area contributed by atoms with Crippen LogP contribution in [0.25, 0.3) is 0 Å². The van der Waals surface area contributed by atoms with Crippen molar-refractivity contribution in [3.63, 3.8) is 0 Å². The molecule has 1 aliphatic rings. The Morgan fingerprint density at radius 1 is 1.25 bits per heavy atom. The van der Waals surface area contributed by atoms with Crippen LogP contribution in [0.15, 0.2) is 24.3 Å². The lowest BCUT2D eigenvalue weighted by atomic mass is 9.89. The minimum atomic E-state index is 0.214. The average molecular weight is 276 g/mol. The molecule has 0 spiro atoms. The highest BCUT2D eigenvalue weighted by Crippen LogP contribution is 2.25. The summed E-state index contributed by atoms with van der Waals surface area (Å²) in [5.41, 5.74) is 2.45. The van der Waals surface area contributed by atoms with Gasteiger partial charge in [0, 0.05) is 24.9 Å². The number of aliphatic hydroxyl groups is 1. The van der Waals surface area contributed by atoms with Gasteiger partial charge in [0.25, 0.3) is 0 Å². The summed E-state index contributed by atoms with van der Waals surface area (Å²) < 4.78 is 0. The summed E-state index contributed by atoms with van der Waals surface area (Å²) >= 11 is 0. The highest BCUT2D eigenvalue weighted by atomic mass is 16.3. The highest BCUT2D eigenvalue weighted by Gasteiger charge is 2.13. The van der Waals surface area contributed by atoms with Gasteiger partial charge in [0.05, 0.1) is 0 Å². The smallest absolute Gasteiger partial charge is 0.0449 e. The Morgan fingerprint density at radius 2 is 2.05 bits per heavy atom. The molecular formula is C17H28N2O. The van der Waals surface area contributed by atoms with E-state index in [0.717, 1.165) is 18.9 Å². The maximum Gasteiger partial charge on any atom is 0.0449 e. The molecule has 1 atom stereocenters. The van der Waals surface area contributed by atoms with Gasteiger partial charge in [-0.05, 0) is 49.9 Å². The number of rotatable bonds is 7. The molecule has 0 amide bonds. The molecule has 112 valence electrons. The van der Waals surface area contributed by atoms with Crippen molar-refractivity contribution in [3.05, 3.63) is 29.8 Å². The predicted octanol–water partition coefficient (Wildman–Crippen LogP) is 3.32. The number of benzene rings is 1. The van der Waals surface area contributed by atoms with Crippen molar-refractivity contribution in [3.8, 4) is 0 Å². The number of hydrogen-bond donors (Lipinski definition) is 3. The van der Waals surface area contributed by atoms with Gasteiger partial charge in [-0.15, -0.1) is 0 Å². The molecule has 20 heavy (non-hydrogen) atoms. The number of aliphatic hydroxyl groups excluding tert-OH is 1. The molecule has 1 aromatic rings. The molecule has 3 nitrogen and oxygen atoms in total. The molecule has 1 aliphatic carbocycles. The summed E-state index contributed by atoms with van der Waals surface area (Å²) in [6.07, 6.45) is 7.70. The van der Waals surface area contributed by atoms with E-state index in [4.69, 9.17) is 5.11 Å². The Bertz CT molecular complexity index is 388. The summed E-state index contributed by atoms with van der Waals surface area (Å²) in [5, 5.41) is 16.0. The summed E-state index contributed by atoms with van der Waals surface area (Å²) in [5.74, 6) is 0.838. The van der Waals surface area contributed by atoms with E-state index in [1.54, 1.807) is 0 Å². The zero-order valence-electron chi connectivity index (χ0n) is 12.6. The van der Waals surface area contributed by atoms with Crippen LogP contribution in [0, 0.1) is 5.92 Å². The molecule has 0 aromatic heterocycles. The van der Waals surface area contributed by atoms with Gasteiger partial charge in [-0.25, -0.2) is 0 Å². The van der Waals surface area contributed by atoms with Crippen molar-refractivity contribution >= 4 is 5.69 Å². The summed E-state index contributed by atoms with van der Waals surface area (Å²) in [7, 11) is 1.95. The van der Waals surface area contributed by atoms with Crippen molar-refractivity contribution in [2.45, 2.75) is 44.6 Å². The van der Waals surface area contributed by atoms with Gasteiger partial charge in [-0.1, -0.05) is 31.4 Å². The molecule has 2 rings (SSSR count). The van der Waals surface area contributed by atoms with Crippen LogP contribution in [0.4, 0.5) is 5.69 Å². The second kappa shape index (κ2) is 8.28. The van der Waals surface area contributed by atoms with Crippen LogP contribution in [0.2, 0.25) is 0 Å². The van der Waals surface area contributed by atoms with Crippen LogP contribution in [0.3, 0.4) is 0 Å². The lowest BCUT2D eigenvalue weighted by Gasteiger charge is -2.23. The molecule has 1 saturated carbocycles. The molecule has 1 aromatic carbocycles. The van der Waals surface area contributed by atoms with E-state index in [1.165, 1.54) is 43.4 Å². The zero-order valence-corrected chi connectivity index (χ0v) is 12.6. The van der Waals surface area contributed by atoms with E-state index in [0.29, 0.717) is 0 Å². The quantitative estimate of drug-likeness (QED) is 0.716. The van der Waals surface area contributed by atoms with Crippen LogP contribution in [-0.2, 0) is 0 Å². The minimum absolute atomic E-state index is 0.214. The van der Waals surface area contributed by atoms with E-state index >= 15 is 0 Å². The second-order valence-corrected chi connectivity index (χ2v) is 5.86. The Hall–Kier alpha value is -1.06. The van der Waals surface area contributed by atoms with Crippen LogP contribution < -0.4 is 10.6 Å². The first kappa shape index (κ1) is 15.3. The molecule has 1 unspecified atom stereocenters. The van der Waals surface area contributed by atoms with Gasteiger partial charge in [-0.3, -0.25) is 0 Å². The van der Waals surface area contributed by atoms with Crippen LogP contribution in [0.1, 0.15) is 50.1 Å². The van der Waals surface area contributed by atoms with Crippen molar-refractivity contribution < 1.29 is 5.11 Å². The van der Waals surface area contributed by atoms with Crippen molar-refractivity contribution in [2.75, 3.05) is 25.5 Å². The van der Waals surface area contributed by atoms with E-state index in [1.807, 2.05) is 7.05 Å². The fourth-order valence-electron chi connectivity index (χ4n) is 3.13. The highest BCUT2D eigenvalue weighted by molar-refractivity contribution is 5.46. The number of hydrogen-bond acceptors (Lipinski definition) is 3. The fourth-order valence-corrected chi connectivity index (χ4v) is 3.13. The first-order valence-electron chi connectivity index (χ1n) is 7.95. The van der Waals surface area contributed by atoms with Gasteiger partial charge in [0.1, 0.15) is 0 Å².